The van der Waals surface area contributed by atoms with Crippen molar-refractivity contribution >= 4 is 41.2 Å². The number of ether oxygens (including phenoxy) is 3. The molecule has 3 aromatic heterocycles. The van der Waals surface area contributed by atoms with Crippen LogP contribution in [0.25, 0.3) is 0 Å². The summed E-state index contributed by atoms with van der Waals surface area (Å²) in [6.07, 6.45) is 7.29. The van der Waals surface area contributed by atoms with E-state index in [9.17, 15) is 18.4 Å². The molecule has 10 nitrogen and oxygen atoms in total. The predicted octanol–water partition coefficient (Wildman–Crippen LogP) is 8.21. The van der Waals surface area contributed by atoms with Gasteiger partial charge in [0.2, 0.25) is 11.8 Å². The summed E-state index contributed by atoms with van der Waals surface area (Å²) in [5.41, 5.74) is -0.364. The number of carbonyl (C=O) groups is 2. The molecule has 0 atom stereocenters. The predicted molar refractivity (Wildman–Crippen MR) is 175 cm³/mol. The molecule has 2 N–H and O–H groups in total. The van der Waals surface area contributed by atoms with E-state index in [1.807, 2.05) is 43.7 Å². The van der Waals surface area contributed by atoms with Crippen LogP contribution < -0.4 is 19.5 Å². The molecule has 14 heteroatoms. The molecule has 0 spiro atoms. The first-order chi connectivity index (χ1) is 22.7. The number of amides is 1. The van der Waals surface area contributed by atoms with Crippen LogP contribution in [0.15, 0.2) is 101 Å². The van der Waals surface area contributed by atoms with E-state index in [1.54, 1.807) is 48.2 Å². The van der Waals surface area contributed by atoms with E-state index in [0.717, 1.165) is 34.3 Å². The number of aromatic nitrogens is 3. The van der Waals surface area contributed by atoms with Crippen molar-refractivity contribution in [2.45, 2.75) is 16.7 Å². The lowest BCUT2D eigenvalue weighted by molar-refractivity contribution is 0.0692. The summed E-state index contributed by atoms with van der Waals surface area (Å²) in [5.74, 6) is -1.82. The van der Waals surface area contributed by atoms with E-state index in [-0.39, 0.29) is 28.7 Å². The number of hydrogen-bond donors (Lipinski definition) is 2. The van der Waals surface area contributed by atoms with Crippen molar-refractivity contribution in [3.63, 3.8) is 0 Å². The minimum atomic E-state index is -1.29. The third-order valence-corrected chi connectivity index (χ3v) is 7.38. The van der Waals surface area contributed by atoms with Crippen LogP contribution in [0.2, 0.25) is 0 Å². The molecule has 0 fully saturated rings. The Morgan fingerprint density at radius 3 is 1.87 bits per heavy atom. The zero-order chi connectivity index (χ0) is 33.8. The highest BCUT2D eigenvalue weighted by Crippen LogP contribution is 2.29. The van der Waals surface area contributed by atoms with Gasteiger partial charge in [0.05, 0.1) is 19.0 Å². The van der Waals surface area contributed by atoms with Crippen LogP contribution in [0.5, 0.6) is 29.0 Å². The van der Waals surface area contributed by atoms with Gasteiger partial charge in [0.15, 0.2) is 11.6 Å². The Kier molecular flexibility index (Phi) is 12.5. The topological polar surface area (TPSA) is 133 Å². The van der Waals surface area contributed by atoms with E-state index in [1.165, 1.54) is 18.0 Å². The Balaban J connectivity index is 0.000000229. The summed E-state index contributed by atoms with van der Waals surface area (Å²) in [6.45, 7) is 2.24. The van der Waals surface area contributed by atoms with Crippen molar-refractivity contribution in [1.29, 1.82) is 0 Å². The quantitative estimate of drug-likeness (QED) is 0.131. The van der Waals surface area contributed by atoms with Gasteiger partial charge in [-0.15, -0.1) is 23.5 Å². The highest BCUT2D eigenvalue weighted by atomic mass is 32.2. The molecular formula is C33H28F2N4O6S2. The lowest BCUT2D eigenvalue weighted by Crippen LogP contribution is -2.16. The lowest BCUT2D eigenvalue weighted by atomic mass is 10.2. The van der Waals surface area contributed by atoms with E-state index < -0.39 is 23.5 Å². The molecule has 3 heterocycles. The molecule has 5 rings (SSSR count). The molecular weight excluding hydrogens is 651 g/mol. The third kappa shape index (κ3) is 9.89. The average Bonchev–Trinajstić information content (AvgIpc) is 3.07. The van der Waals surface area contributed by atoms with Gasteiger partial charge >= 0.3 is 5.97 Å². The third-order valence-electron chi connectivity index (χ3n) is 5.92. The molecule has 0 saturated carbocycles. The van der Waals surface area contributed by atoms with Gasteiger partial charge in [0.1, 0.15) is 34.3 Å². The highest BCUT2D eigenvalue weighted by Gasteiger charge is 2.19. The molecule has 0 radical (unpaired) electrons. The van der Waals surface area contributed by atoms with Crippen molar-refractivity contribution < 1.29 is 37.7 Å². The summed E-state index contributed by atoms with van der Waals surface area (Å²) in [6, 6.07) is 19.7. The second kappa shape index (κ2) is 16.9. The van der Waals surface area contributed by atoms with E-state index >= 15 is 0 Å². The summed E-state index contributed by atoms with van der Waals surface area (Å²) < 4.78 is 43.3. The molecule has 1 amide bonds. The Morgan fingerprint density at radius 2 is 1.34 bits per heavy atom. The number of halogens is 2. The summed E-state index contributed by atoms with van der Waals surface area (Å²) in [5, 5.41) is 11.6. The number of aromatic carboxylic acids is 1. The van der Waals surface area contributed by atoms with Gasteiger partial charge in [-0.05, 0) is 80.1 Å². The van der Waals surface area contributed by atoms with Crippen LogP contribution in [0.1, 0.15) is 27.6 Å². The number of carboxylic acid groups (broad SMARTS) is 1. The van der Waals surface area contributed by atoms with Crippen molar-refractivity contribution in [2.75, 3.05) is 24.4 Å². The van der Waals surface area contributed by atoms with Crippen LogP contribution in [-0.4, -0.2) is 51.1 Å². The second-order valence-electron chi connectivity index (χ2n) is 9.12. The van der Waals surface area contributed by atoms with E-state index in [4.69, 9.17) is 19.3 Å². The van der Waals surface area contributed by atoms with Gasteiger partial charge in [-0.1, -0.05) is 12.1 Å². The first-order valence-corrected chi connectivity index (χ1v) is 16.2. The number of nitrogens with one attached hydrogen (secondary N) is 1. The summed E-state index contributed by atoms with van der Waals surface area (Å²) in [4.78, 5) is 37.4. The van der Waals surface area contributed by atoms with Crippen LogP contribution >= 0.6 is 23.5 Å². The van der Waals surface area contributed by atoms with Crippen LogP contribution in [-0.2, 0) is 0 Å². The number of benzene rings is 2. The van der Waals surface area contributed by atoms with Crippen molar-refractivity contribution in [3.8, 4) is 29.0 Å². The van der Waals surface area contributed by atoms with Gasteiger partial charge in [0, 0.05) is 16.0 Å². The zero-order valence-corrected chi connectivity index (χ0v) is 26.9. The fourth-order valence-electron chi connectivity index (χ4n) is 3.82. The minimum absolute atomic E-state index is 0.00829. The largest absolute Gasteiger partial charge is 0.490 e. The molecule has 2 aromatic carbocycles. The van der Waals surface area contributed by atoms with Crippen LogP contribution in [0.4, 0.5) is 14.6 Å². The Hall–Kier alpha value is -5.21. The number of carbonyl (C=O) groups excluding carboxylic acids is 1. The molecule has 0 aliphatic rings. The second-order valence-corrected chi connectivity index (χ2v) is 10.9. The fourth-order valence-corrected chi connectivity index (χ4v) is 4.71. The van der Waals surface area contributed by atoms with Gasteiger partial charge in [0.25, 0.3) is 5.91 Å². The van der Waals surface area contributed by atoms with E-state index in [2.05, 4.69) is 20.3 Å². The Labute approximate surface area is 277 Å². The normalized spacial score (nSPS) is 10.3. The maximum absolute atomic E-state index is 13.8. The first kappa shape index (κ1) is 34.7. The molecule has 5 aromatic rings. The number of carboxylic acids is 1. The molecule has 0 saturated heterocycles. The molecule has 0 unspecified atom stereocenters. The lowest BCUT2D eigenvalue weighted by Gasteiger charge is -2.12. The van der Waals surface area contributed by atoms with Crippen molar-refractivity contribution in [3.05, 3.63) is 114 Å². The maximum Gasteiger partial charge on any atom is 0.341 e. The smallest absolute Gasteiger partial charge is 0.341 e. The minimum Gasteiger partial charge on any atom is -0.490 e. The standard InChI is InChI=1S/C20H18FN3O3S.C13H10FNO3S/c1-3-26-17-8-5-9-22-18(17)24-19(25)16-10-13(21)12-23-20(16)27-14-6-4-7-15(11-14)28-2;1-19-10-4-2-3-9(6-10)18-12-11(13(16)17)5-8(14)7-15-12/h4-12H,3H2,1-2H3,(H,22,24,25);2-7H,1H3,(H,16,17). The molecule has 0 aliphatic carbocycles. The monoisotopic (exact) mass is 678 g/mol. The zero-order valence-electron chi connectivity index (χ0n) is 25.3. The number of nitrogens with zero attached hydrogens (tertiary/aromatic N) is 3. The number of rotatable bonds is 11. The molecule has 242 valence electrons. The summed E-state index contributed by atoms with van der Waals surface area (Å²) in [7, 11) is 0. The molecule has 0 bridgehead atoms. The highest BCUT2D eigenvalue weighted by molar-refractivity contribution is 7.98. The fraction of sp³-hybridized carbons (Fsp3) is 0.121. The molecule has 0 aliphatic heterocycles. The maximum atomic E-state index is 13.8. The number of thioether (sulfide) groups is 2. The molecule has 47 heavy (non-hydrogen) atoms. The Morgan fingerprint density at radius 1 is 0.787 bits per heavy atom. The van der Waals surface area contributed by atoms with Gasteiger partial charge in [-0.3, -0.25) is 4.79 Å². The number of anilines is 1. The van der Waals surface area contributed by atoms with Gasteiger partial charge in [-0.2, -0.15) is 0 Å². The van der Waals surface area contributed by atoms with Gasteiger partial charge < -0.3 is 24.6 Å². The summed E-state index contributed by atoms with van der Waals surface area (Å²) >= 11 is 3.08. The first-order valence-electron chi connectivity index (χ1n) is 13.8. The van der Waals surface area contributed by atoms with Crippen LogP contribution in [0, 0.1) is 11.6 Å². The van der Waals surface area contributed by atoms with Crippen molar-refractivity contribution in [1.82, 2.24) is 15.0 Å². The van der Waals surface area contributed by atoms with Crippen LogP contribution in [0.3, 0.4) is 0 Å². The Bertz CT molecular complexity index is 1860. The SMILES string of the molecule is CCOc1cccnc1NC(=O)c1cc(F)cnc1Oc1cccc(SC)c1.CSc1cccc(Oc2ncc(F)cc2C(=O)O)c1. The number of pyridine rings is 3. The van der Waals surface area contributed by atoms with E-state index in [0.29, 0.717) is 23.9 Å². The van der Waals surface area contributed by atoms with Crippen molar-refractivity contribution in [2.24, 2.45) is 0 Å². The van der Waals surface area contributed by atoms with Gasteiger partial charge in [-0.25, -0.2) is 28.5 Å². The average molecular weight is 679 g/mol. The number of hydrogen-bond acceptors (Lipinski definition) is 10.